The van der Waals surface area contributed by atoms with Gasteiger partial charge < -0.3 is 10.4 Å². The fourth-order valence-electron chi connectivity index (χ4n) is 1.88. The minimum atomic E-state index is -0.578. The largest absolute Gasteiger partial charge is 0.387 e. The molecule has 1 unspecified atom stereocenters. The molecule has 0 saturated carbocycles. The molecule has 0 amide bonds. The SMILES string of the molecule is OC(CNCCc1ccncc1)c1ccccc1Cl. The molecule has 1 heterocycles. The second kappa shape index (κ2) is 7.24. The van der Waals surface area contributed by atoms with Crippen molar-refractivity contribution in [3.05, 3.63) is 64.9 Å². The van der Waals surface area contributed by atoms with Gasteiger partial charge in [0.25, 0.3) is 0 Å². The smallest absolute Gasteiger partial charge is 0.0928 e. The van der Waals surface area contributed by atoms with Gasteiger partial charge in [0.05, 0.1) is 6.10 Å². The summed E-state index contributed by atoms with van der Waals surface area (Å²) in [5.74, 6) is 0. The van der Waals surface area contributed by atoms with E-state index in [4.69, 9.17) is 11.6 Å². The zero-order valence-electron chi connectivity index (χ0n) is 10.6. The Labute approximate surface area is 118 Å². The van der Waals surface area contributed by atoms with E-state index in [2.05, 4.69) is 10.3 Å². The third-order valence-electron chi connectivity index (χ3n) is 2.94. The molecular formula is C15H17ClN2O. The summed E-state index contributed by atoms with van der Waals surface area (Å²) in [6.07, 6.45) is 3.91. The van der Waals surface area contributed by atoms with Crippen molar-refractivity contribution in [2.45, 2.75) is 12.5 Å². The Hall–Kier alpha value is -1.42. The summed E-state index contributed by atoms with van der Waals surface area (Å²) in [6.45, 7) is 1.31. The molecule has 0 aliphatic heterocycles. The number of nitrogens with one attached hydrogen (secondary N) is 1. The van der Waals surface area contributed by atoms with Crippen LogP contribution in [0.3, 0.4) is 0 Å². The van der Waals surface area contributed by atoms with Crippen molar-refractivity contribution < 1.29 is 5.11 Å². The zero-order valence-corrected chi connectivity index (χ0v) is 11.3. The molecule has 100 valence electrons. The summed E-state index contributed by atoms with van der Waals surface area (Å²) in [7, 11) is 0. The first-order valence-electron chi connectivity index (χ1n) is 6.29. The first-order valence-corrected chi connectivity index (χ1v) is 6.67. The molecule has 2 rings (SSSR count). The van der Waals surface area contributed by atoms with E-state index < -0.39 is 6.10 Å². The summed E-state index contributed by atoms with van der Waals surface area (Å²) in [4.78, 5) is 3.98. The van der Waals surface area contributed by atoms with E-state index in [0.29, 0.717) is 11.6 Å². The molecule has 1 aromatic carbocycles. The number of nitrogens with zero attached hydrogens (tertiary/aromatic N) is 1. The Morgan fingerprint density at radius 2 is 1.89 bits per heavy atom. The van der Waals surface area contributed by atoms with Crippen LogP contribution in [0.25, 0.3) is 0 Å². The lowest BCUT2D eigenvalue weighted by atomic mass is 10.1. The molecule has 0 bridgehead atoms. The predicted octanol–water partition coefficient (Wildman–Crippen LogP) is 2.60. The fourth-order valence-corrected chi connectivity index (χ4v) is 2.14. The zero-order chi connectivity index (χ0) is 13.5. The van der Waals surface area contributed by atoms with Gasteiger partial charge in [-0.1, -0.05) is 29.8 Å². The molecule has 19 heavy (non-hydrogen) atoms. The minimum Gasteiger partial charge on any atom is -0.387 e. The standard InChI is InChI=1S/C15H17ClN2O/c16-14-4-2-1-3-13(14)15(19)11-18-10-7-12-5-8-17-9-6-12/h1-6,8-9,15,18-19H,7,10-11H2. The molecule has 0 saturated heterocycles. The number of aliphatic hydroxyl groups excluding tert-OH is 1. The number of hydrogen-bond donors (Lipinski definition) is 2. The molecule has 3 nitrogen and oxygen atoms in total. The summed E-state index contributed by atoms with van der Waals surface area (Å²) >= 11 is 6.03. The van der Waals surface area contributed by atoms with Gasteiger partial charge in [0.15, 0.2) is 0 Å². The van der Waals surface area contributed by atoms with Crippen molar-refractivity contribution in [2.75, 3.05) is 13.1 Å². The Morgan fingerprint density at radius 3 is 2.63 bits per heavy atom. The Kier molecular flexibility index (Phi) is 5.33. The summed E-state index contributed by atoms with van der Waals surface area (Å²) in [6, 6.07) is 11.4. The topological polar surface area (TPSA) is 45.1 Å². The van der Waals surface area contributed by atoms with E-state index >= 15 is 0 Å². The summed E-state index contributed by atoms with van der Waals surface area (Å²) < 4.78 is 0. The third-order valence-corrected chi connectivity index (χ3v) is 3.29. The lowest BCUT2D eigenvalue weighted by Crippen LogP contribution is -2.23. The lowest BCUT2D eigenvalue weighted by Gasteiger charge is -2.13. The van der Waals surface area contributed by atoms with Crippen LogP contribution in [0.1, 0.15) is 17.2 Å². The molecule has 1 aromatic heterocycles. The third kappa shape index (κ3) is 4.31. The molecule has 0 aliphatic carbocycles. The quantitative estimate of drug-likeness (QED) is 0.797. The molecule has 0 fully saturated rings. The van der Waals surface area contributed by atoms with Crippen LogP contribution in [-0.2, 0) is 6.42 Å². The van der Waals surface area contributed by atoms with Gasteiger partial charge in [-0.2, -0.15) is 0 Å². The van der Waals surface area contributed by atoms with Crippen molar-refractivity contribution in [2.24, 2.45) is 0 Å². The maximum absolute atomic E-state index is 10.0. The monoisotopic (exact) mass is 276 g/mol. The fraction of sp³-hybridized carbons (Fsp3) is 0.267. The number of aromatic nitrogens is 1. The van der Waals surface area contributed by atoms with Gasteiger partial charge in [0.2, 0.25) is 0 Å². The van der Waals surface area contributed by atoms with Crippen molar-refractivity contribution in [3.8, 4) is 0 Å². The van der Waals surface area contributed by atoms with Crippen molar-refractivity contribution >= 4 is 11.6 Å². The van der Waals surface area contributed by atoms with Crippen LogP contribution in [0, 0.1) is 0 Å². The average molecular weight is 277 g/mol. The van der Waals surface area contributed by atoms with Crippen molar-refractivity contribution in [1.82, 2.24) is 10.3 Å². The highest BCUT2D eigenvalue weighted by Gasteiger charge is 2.09. The number of pyridine rings is 1. The Balaban J connectivity index is 1.76. The van der Waals surface area contributed by atoms with Gasteiger partial charge in [-0.3, -0.25) is 4.98 Å². The van der Waals surface area contributed by atoms with Crippen LogP contribution in [0.4, 0.5) is 0 Å². The average Bonchev–Trinajstić information content (AvgIpc) is 2.45. The van der Waals surface area contributed by atoms with Crippen LogP contribution < -0.4 is 5.32 Å². The number of benzene rings is 1. The van der Waals surface area contributed by atoms with E-state index in [0.717, 1.165) is 18.5 Å². The number of aliphatic hydroxyl groups is 1. The second-order valence-electron chi connectivity index (χ2n) is 4.35. The van der Waals surface area contributed by atoms with E-state index in [9.17, 15) is 5.11 Å². The number of hydrogen-bond acceptors (Lipinski definition) is 3. The molecule has 2 aromatic rings. The van der Waals surface area contributed by atoms with E-state index in [1.165, 1.54) is 5.56 Å². The Morgan fingerprint density at radius 1 is 1.16 bits per heavy atom. The van der Waals surface area contributed by atoms with Crippen LogP contribution in [-0.4, -0.2) is 23.2 Å². The molecule has 0 radical (unpaired) electrons. The van der Waals surface area contributed by atoms with Gasteiger partial charge in [0.1, 0.15) is 0 Å². The minimum absolute atomic E-state index is 0.495. The van der Waals surface area contributed by atoms with Gasteiger partial charge in [0, 0.05) is 29.5 Å². The lowest BCUT2D eigenvalue weighted by molar-refractivity contribution is 0.175. The maximum Gasteiger partial charge on any atom is 0.0928 e. The van der Waals surface area contributed by atoms with Crippen LogP contribution in [0.15, 0.2) is 48.8 Å². The second-order valence-corrected chi connectivity index (χ2v) is 4.75. The molecule has 0 aliphatic rings. The van der Waals surface area contributed by atoms with Crippen LogP contribution in [0.5, 0.6) is 0 Å². The molecule has 4 heteroatoms. The van der Waals surface area contributed by atoms with Crippen molar-refractivity contribution in [3.63, 3.8) is 0 Å². The first-order chi connectivity index (χ1) is 9.27. The van der Waals surface area contributed by atoms with E-state index in [1.807, 2.05) is 30.3 Å². The van der Waals surface area contributed by atoms with Gasteiger partial charge in [-0.25, -0.2) is 0 Å². The van der Waals surface area contributed by atoms with E-state index in [1.54, 1.807) is 18.5 Å². The van der Waals surface area contributed by atoms with Gasteiger partial charge >= 0.3 is 0 Å². The van der Waals surface area contributed by atoms with Crippen LogP contribution in [0.2, 0.25) is 5.02 Å². The Bertz CT molecular complexity index is 505. The first kappa shape index (κ1) is 14.0. The number of halogens is 1. The number of rotatable bonds is 6. The molecule has 0 spiro atoms. The highest BCUT2D eigenvalue weighted by molar-refractivity contribution is 6.31. The molecular weight excluding hydrogens is 260 g/mol. The van der Waals surface area contributed by atoms with Crippen LogP contribution >= 0.6 is 11.6 Å². The highest BCUT2D eigenvalue weighted by atomic mass is 35.5. The van der Waals surface area contributed by atoms with Crippen molar-refractivity contribution in [1.29, 1.82) is 0 Å². The summed E-state index contributed by atoms with van der Waals surface area (Å²) in [5.41, 5.74) is 2.00. The van der Waals surface area contributed by atoms with Gasteiger partial charge in [-0.05, 0) is 36.7 Å². The predicted molar refractivity (Wildman–Crippen MR) is 77.2 cm³/mol. The summed E-state index contributed by atoms with van der Waals surface area (Å²) in [5, 5.41) is 13.9. The maximum atomic E-state index is 10.0. The van der Waals surface area contributed by atoms with E-state index in [-0.39, 0.29) is 0 Å². The normalized spacial score (nSPS) is 12.3. The molecule has 1 atom stereocenters. The van der Waals surface area contributed by atoms with Gasteiger partial charge in [-0.15, -0.1) is 0 Å². The highest BCUT2D eigenvalue weighted by Crippen LogP contribution is 2.21. The molecule has 2 N–H and O–H groups in total.